The Labute approximate surface area is 195 Å². The molecule has 8 heteroatoms. The molecule has 1 amide bonds. The van der Waals surface area contributed by atoms with Crippen molar-refractivity contribution in [3.8, 4) is 22.0 Å². The largest absolute Gasteiger partial charge is 0.444 e. The summed E-state index contributed by atoms with van der Waals surface area (Å²) >= 11 is 1.56. The van der Waals surface area contributed by atoms with Gasteiger partial charge in [0.05, 0.1) is 17.8 Å². The minimum absolute atomic E-state index is 0.0646. The lowest BCUT2D eigenvalue weighted by Crippen LogP contribution is -2.48. The van der Waals surface area contributed by atoms with Gasteiger partial charge < -0.3 is 9.32 Å². The van der Waals surface area contributed by atoms with Crippen LogP contribution in [0.2, 0.25) is 0 Å². The van der Waals surface area contributed by atoms with Crippen LogP contribution >= 0.6 is 11.3 Å². The minimum atomic E-state index is -0.247. The van der Waals surface area contributed by atoms with Crippen LogP contribution in [0.25, 0.3) is 22.0 Å². The number of hydrogen-bond acceptors (Lipinski definition) is 6. The smallest absolute Gasteiger partial charge is 0.228 e. The summed E-state index contributed by atoms with van der Waals surface area (Å²) in [5.74, 6) is 0.351. The molecule has 0 unspecified atom stereocenters. The number of carbonyl (C=O) groups excluding carboxylic acids is 1. The SMILES string of the molecule is O=C(Cc1coc(-c2ccccc2)n1)N1CCN(Cc2csc(-c3ccc(F)cc3)n2)CC1. The molecule has 0 bridgehead atoms. The number of hydrogen-bond donors (Lipinski definition) is 0. The van der Waals surface area contributed by atoms with Gasteiger partial charge in [-0.15, -0.1) is 11.3 Å². The van der Waals surface area contributed by atoms with E-state index < -0.39 is 0 Å². The van der Waals surface area contributed by atoms with Crippen molar-refractivity contribution in [3.63, 3.8) is 0 Å². The van der Waals surface area contributed by atoms with Gasteiger partial charge in [-0.05, 0) is 36.4 Å². The third-order valence-corrected chi connectivity index (χ3v) is 6.60. The molecule has 3 heterocycles. The minimum Gasteiger partial charge on any atom is -0.444 e. The second kappa shape index (κ2) is 9.64. The molecule has 0 N–H and O–H groups in total. The number of nitrogens with zero attached hydrogens (tertiary/aromatic N) is 4. The number of rotatable bonds is 6. The number of benzene rings is 2. The van der Waals surface area contributed by atoms with Gasteiger partial charge in [0.1, 0.15) is 17.1 Å². The molecule has 5 rings (SSSR count). The van der Waals surface area contributed by atoms with E-state index in [4.69, 9.17) is 9.40 Å². The summed E-state index contributed by atoms with van der Waals surface area (Å²) in [6, 6.07) is 16.1. The number of carbonyl (C=O) groups is 1. The molecule has 6 nitrogen and oxygen atoms in total. The van der Waals surface area contributed by atoms with Crippen LogP contribution in [0.1, 0.15) is 11.4 Å². The number of piperazine rings is 1. The zero-order valence-corrected chi connectivity index (χ0v) is 18.8. The van der Waals surface area contributed by atoms with E-state index in [9.17, 15) is 9.18 Å². The van der Waals surface area contributed by atoms with Crippen LogP contribution in [-0.2, 0) is 17.8 Å². The first kappa shape index (κ1) is 21.5. The molecule has 0 atom stereocenters. The number of amides is 1. The molecule has 1 aliphatic heterocycles. The molecule has 168 valence electrons. The number of halogens is 1. The predicted octanol–water partition coefficient (Wildman–Crippen LogP) is 4.49. The highest BCUT2D eigenvalue weighted by Crippen LogP contribution is 2.25. The molecule has 1 aliphatic rings. The van der Waals surface area contributed by atoms with Gasteiger partial charge in [0.2, 0.25) is 11.8 Å². The van der Waals surface area contributed by atoms with Gasteiger partial charge in [0, 0.05) is 49.2 Å². The fourth-order valence-corrected chi connectivity index (χ4v) is 4.67. The monoisotopic (exact) mass is 462 g/mol. The Morgan fingerprint density at radius 2 is 1.70 bits per heavy atom. The van der Waals surface area contributed by atoms with E-state index in [1.54, 1.807) is 29.7 Å². The summed E-state index contributed by atoms with van der Waals surface area (Å²) in [4.78, 5) is 26.1. The Kier molecular flexibility index (Phi) is 6.28. The zero-order valence-electron chi connectivity index (χ0n) is 18.0. The van der Waals surface area contributed by atoms with E-state index in [1.165, 1.54) is 12.1 Å². The molecule has 33 heavy (non-hydrogen) atoms. The second-order valence-corrected chi connectivity index (χ2v) is 8.85. The summed E-state index contributed by atoms with van der Waals surface area (Å²) in [6.07, 6.45) is 1.81. The first-order chi connectivity index (χ1) is 16.1. The molecule has 2 aromatic heterocycles. The summed E-state index contributed by atoms with van der Waals surface area (Å²) in [7, 11) is 0. The lowest BCUT2D eigenvalue weighted by Gasteiger charge is -2.34. The zero-order chi connectivity index (χ0) is 22.6. The van der Waals surface area contributed by atoms with Crippen molar-refractivity contribution >= 4 is 17.2 Å². The average molecular weight is 463 g/mol. The van der Waals surface area contributed by atoms with Crippen molar-refractivity contribution in [2.45, 2.75) is 13.0 Å². The maximum absolute atomic E-state index is 13.1. The third-order valence-electron chi connectivity index (χ3n) is 5.66. The van der Waals surface area contributed by atoms with Crippen molar-refractivity contribution in [3.05, 3.63) is 83.4 Å². The molecule has 0 saturated carbocycles. The third kappa shape index (κ3) is 5.18. The Morgan fingerprint density at radius 3 is 2.45 bits per heavy atom. The van der Waals surface area contributed by atoms with Crippen molar-refractivity contribution in [1.29, 1.82) is 0 Å². The highest BCUT2D eigenvalue weighted by Gasteiger charge is 2.23. The molecular formula is C25H23FN4O2S. The Morgan fingerprint density at radius 1 is 0.939 bits per heavy atom. The van der Waals surface area contributed by atoms with Gasteiger partial charge in [-0.1, -0.05) is 18.2 Å². The van der Waals surface area contributed by atoms with Crippen LogP contribution in [0.5, 0.6) is 0 Å². The van der Waals surface area contributed by atoms with Gasteiger partial charge in [0.25, 0.3) is 0 Å². The fourth-order valence-electron chi connectivity index (χ4n) is 3.86. The van der Waals surface area contributed by atoms with E-state index in [0.717, 1.165) is 41.5 Å². The summed E-state index contributed by atoms with van der Waals surface area (Å²) in [6.45, 7) is 3.68. The van der Waals surface area contributed by atoms with E-state index in [-0.39, 0.29) is 18.1 Å². The van der Waals surface area contributed by atoms with Crippen LogP contribution in [0.3, 0.4) is 0 Å². The number of oxazole rings is 1. The summed E-state index contributed by atoms with van der Waals surface area (Å²) < 4.78 is 18.7. The quantitative estimate of drug-likeness (QED) is 0.423. The molecule has 0 aliphatic carbocycles. The first-order valence-corrected chi connectivity index (χ1v) is 11.7. The van der Waals surface area contributed by atoms with Gasteiger partial charge >= 0.3 is 0 Å². The average Bonchev–Trinajstić information content (AvgIpc) is 3.51. The maximum Gasteiger partial charge on any atom is 0.228 e. The molecular weight excluding hydrogens is 439 g/mol. The normalized spacial score (nSPS) is 14.5. The van der Waals surface area contributed by atoms with Gasteiger partial charge in [0.15, 0.2) is 0 Å². The molecule has 0 radical (unpaired) electrons. The Balaban J connectivity index is 1.12. The fraction of sp³-hybridized carbons (Fsp3) is 0.240. The van der Waals surface area contributed by atoms with E-state index in [0.29, 0.717) is 24.7 Å². The van der Waals surface area contributed by atoms with Crippen LogP contribution in [0.4, 0.5) is 4.39 Å². The van der Waals surface area contributed by atoms with Crippen LogP contribution in [0, 0.1) is 5.82 Å². The van der Waals surface area contributed by atoms with Crippen LogP contribution in [-0.4, -0.2) is 51.9 Å². The van der Waals surface area contributed by atoms with Gasteiger partial charge in [-0.2, -0.15) is 0 Å². The highest BCUT2D eigenvalue weighted by molar-refractivity contribution is 7.13. The van der Waals surface area contributed by atoms with Crippen LogP contribution < -0.4 is 0 Å². The van der Waals surface area contributed by atoms with Gasteiger partial charge in [-0.25, -0.2) is 14.4 Å². The Hall–Kier alpha value is -3.36. The number of aromatic nitrogens is 2. The van der Waals surface area contributed by atoms with Crippen molar-refractivity contribution in [2.24, 2.45) is 0 Å². The van der Waals surface area contributed by atoms with E-state index >= 15 is 0 Å². The van der Waals surface area contributed by atoms with E-state index in [2.05, 4.69) is 9.88 Å². The summed E-state index contributed by atoms with van der Waals surface area (Å²) in [5, 5.41) is 2.94. The maximum atomic E-state index is 13.1. The molecule has 1 fully saturated rings. The van der Waals surface area contributed by atoms with E-state index in [1.807, 2.05) is 40.6 Å². The lowest BCUT2D eigenvalue weighted by atomic mass is 10.2. The number of thiazole rings is 1. The van der Waals surface area contributed by atoms with Crippen molar-refractivity contribution < 1.29 is 13.6 Å². The van der Waals surface area contributed by atoms with Crippen molar-refractivity contribution in [1.82, 2.24) is 19.8 Å². The first-order valence-electron chi connectivity index (χ1n) is 10.8. The van der Waals surface area contributed by atoms with Crippen LogP contribution in [0.15, 0.2) is 70.7 Å². The molecule has 4 aromatic rings. The molecule has 1 saturated heterocycles. The standard InChI is InChI=1S/C25H23FN4O2S/c26-20-8-6-19(7-9-20)25-28-22(17-33-25)15-29-10-12-30(13-11-29)23(31)14-21-16-32-24(27-21)18-4-2-1-3-5-18/h1-9,16-17H,10-15H2. The summed E-state index contributed by atoms with van der Waals surface area (Å²) in [5.41, 5.74) is 3.47. The highest BCUT2D eigenvalue weighted by atomic mass is 32.1. The molecule has 0 spiro atoms. The lowest BCUT2D eigenvalue weighted by molar-refractivity contribution is -0.132. The van der Waals surface area contributed by atoms with Gasteiger partial charge in [-0.3, -0.25) is 9.69 Å². The van der Waals surface area contributed by atoms with Crippen molar-refractivity contribution in [2.75, 3.05) is 26.2 Å². The topological polar surface area (TPSA) is 62.5 Å². The second-order valence-electron chi connectivity index (χ2n) is 7.99. The predicted molar refractivity (Wildman–Crippen MR) is 125 cm³/mol. The molecule has 2 aromatic carbocycles. The Bertz CT molecular complexity index is 1210.